The van der Waals surface area contributed by atoms with Gasteiger partial charge in [-0.05, 0) is 35.4 Å². The maximum Gasteiger partial charge on any atom is 0.161 e. The molecular weight excluding hydrogens is 238 g/mol. The monoisotopic (exact) mass is 265 g/mol. The summed E-state index contributed by atoms with van der Waals surface area (Å²) in [5, 5.41) is 0. The standard InChI is InChI=1S/C16H27NO2/c1-11(16(2,3)4)9-13(17)12-7-8-14(18-5)15(10-12)19-6/h7-8,10-11,13H,9,17H2,1-6H3. The van der Waals surface area contributed by atoms with Crippen LogP contribution in [0.2, 0.25) is 0 Å². The first-order valence-electron chi connectivity index (χ1n) is 6.77. The van der Waals surface area contributed by atoms with Gasteiger partial charge in [0.2, 0.25) is 0 Å². The summed E-state index contributed by atoms with van der Waals surface area (Å²) in [5.74, 6) is 2.02. The van der Waals surface area contributed by atoms with Gasteiger partial charge >= 0.3 is 0 Å². The quantitative estimate of drug-likeness (QED) is 0.881. The molecule has 1 aromatic rings. The molecule has 0 saturated carbocycles. The van der Waals surface area contributed by atoms with Gasteiger partial charge in [0, 0.05) is 6.04 Å². The third kappa shape index (κ3) is 4.13. The van der Waals surface area contributed by atoms with E-state index in [1.807, 2.05) is 18.2 Å². The van der Waals surface area contributed by atoms with E-state index in [9.17, 15) is 0 Å². The van der Waals surface area contributed by atoms with Crippen LogP contribution in [0.15, 0.2) is 18.2 Å². The number of ether oxygens (including phenoxy) is 2. The number of rotatable bonds is 5. The maximum atomic E-state index is 6.31. The van der Waals surface area contributed by atoms with Crippen LogP contribution in [0.5, 0.6) is 11.5 Å². The van der Waals surface area contributed by atoms with Crippen molar-refractivity contribution in [1.29, 1.82) is 0 Å². The molecule has 0 radical (unpaired) electrons. The Bertz CT molecular complexity index is 410. The molecule has 1 rings (SSSR count). The van der Waals surface area contributed by atoms with Crippen LogP contribution in [0, 0.1) is 11.3 Å². The predicted molar refractivity (Wildman–Crippen MR) is 79.7 cm³/mol. The summed E-state index contributed by atoms with van der Waals surface area (Å²) < 4.78 is 10.6. The Morgan fingerprint density at radius 3 is 2.16 bits per heavy atom. The van der Waals surface area contributed by atoms with Gasteiger partial charge in [0.1, 0.15) is 0 Å². The maximum absolute atomic E-state index is 6.31. The molecule has 0 aliphatic carbocycles. The first-order chi connectivity index (χ1) is 8.79. The van der Waals surface area contributed by atoms with Crippen LogP contribution in [-0.4, -0.2) is 14.2 Å². The largest absolute Gasteiger partial charge is 0.493 e. The van der Waals surface area contributed by atoms with E-state index in [-0.39, 0.29) is 11.5 Å². The third-order valence-electron chi connectivity index (χ3n) is 3.92. The van der Waals surface area contributed by atoms with Gasteiger partial charge in [0.15, 0.2) is 11.5 Å². The molecule has 19 heavy (non-hydrogen) atoms. The molecule has 0 aliphatic heterocycles. The lowest BCUT2D eigenvalue weighted by atomic mass is 9.78. The van der Waals surface area contributed by atoms with Crippen LogP contribution in [0.4, 0.5) is 0 Å². The Labute approximate surface area is 117 Å². The summed E-state index contributed by atoms with van der Waals surface area (Å²) in [5.41, 5.74) is 7.67. The average Bonchev–Trinajstić information content (AvgIpc) is 2.36. The zero-order valence-electron chi connectivity index (χ0n) is 13.0. The molecule has 3 heteroatoms. The zero-order valence-corrected chi connectivity index (χ0v) is 13.0. The van der Waals surface area contributed by atoms with Crippen molar-refractivity contribution in [2.24, 2.45) is 17.1 Å². The Balaban J connectivity index is 2.85. The molecule has 3 nitrogen and oxygen atoms in total. The zero-order chi connectivity index (χ0) is 14.6. The van der Waals surface area contributed by atoms with Crippen molar-refractivity contribution in [2.75, 3.05) is 14.2 Å². The summed E-state index contributed by atoms with van der Waals surface area (Å²) in [6, 6.07) is 5.92. The molecule has 0 heterocycles. The van der Waals surface area contributed by atoms with E-state index in [1.165, 1.54) is 0 Å². The minimum Gasteiger partial charge on any atom is -0.493 e. The van der Waals surface area contributed by atoms with E-state index in [0.29, 0.717) is 5.92 Å². The van der Waals surface area contributed by atoms with E-state index >= 15 is 0 Å². The molecule has 108 valence electrons. The number of methoxy groups -OCH3 is 2. The molecule has 0 fully saturated rings. The molecular formula is C16H27NO2. The Hall–Kier alpha value is -1.22. The lowest BCUT2D eigenvalue weighted by Gasteiger charge is -2.29. The van der Waals surface area contributed by atoms with Crippen molar-refractivity contribution in [3.05, 3.63) is 23.8 Å². The molecule has 2 unspecified atom stereocenters. The normalized spacial score (nSPS) is 14.9. The molecule has 1 aromatic carbocycles. The number of nitrogens with two attached hydrogens (primary N) is 1. The fraction of sp³-hybridized carbons (Fsp3) is 0.625. The SMILES string of the molecule is COc1ccc(C(N)CC(C)C(C)(C)C)cc1OC. The van der Waals surface area contributed by atoms with Crippen LogP contribution in [0.25, 0.3) is 0 Å². The molecule has 0 aromatic heterocycles. The number of benzene rings is 1. The first kappa shape index (κ1) is 15.8. The van der Waals surface area contributed by atoms with Crippen LogP contribution in [0.1, 0.15) is 45.7 Å². The summed E-state index contributed by atoms with van der Waals surface area (Å²) in [6.07, 6.45) is 0.957. The van der Waals surface area contributed by atoms with Crippen LogP contribution in [0.3, 0.4) is 0 Å². The van der Waals surface area contributed by atoms with Gasteiger partial charge in [-0.15, -0.1) is 0 Å². The fourth-order valence-electron chi connectivity index (χ4n) is 1.95. The summed E-state index contributed by atoms with van der Waals surface area (Å²) in [7, 11) is 3.28. The van der Waals surface area contributed by atoms with Crippen molar-refractivity contribution in [1.82, 2.24) is 0 Å². The first-order valence-corrected chi connectivity index (χ1v) is 6.77. The number of hydrogen-bond acceptors (Lipinski definition) is 3. The highest BCUT2D eigenvalue weighted by Gasteiger charge is 2.23. The van der Waals surface area contributed by atoms with Crippen LogP contribution < -0.4 is 15.2 Å². The van der Waals surface area contributed by atoms with Crippen molar-refractivity contribution < 1.29 is 9.47 Å². The average molecular weight is 265 g/mol. The van der Waals surface area contributed by atoms with Crippen molar-refractivity contribution in [3.8, 4) is 11.5 Å². The van der Waals surface area contributed by atoms with E-state index in [1.54, 1.807) is 14.2 Å². The fourth-order valence-corrected chi connectivity index (χ4v) is 1.95. The third-order valence-corrected chi connectivity index (χ3v) is 3.92. The van der Waals surface area contributed by atoms with Gasteiger partial charge in [-0.25, -0.2) is 0 Å². The summed E-state index contributed by atoms with van der Waals surface area (Å²) >= 11 is 0. The summed E-state index contributed by atoms with van der Waals surface area (Å²) in [4.78, 5) is 0. The Kier molecular flexibility index (Phi) is 5.24. The van der Waals surface area contributed by atoms with E-state index in [2.05, 4.69) is 27.7 Å². The van der Waals surface area contributed by atoms with E-state index in [0.717, 1.165) is 23.5 Å². The molecule has 0 amide bonds. The van der Waals surface area contributed by atoms with Gasteiger partial charge in [0.05, 0.1) is 14.2 Å². The molecule has 2 atom stereocenters. The molecule has 0 bridgehead atoms. The van der Waals surface area contributed by atoms with Crippen molar-refractivity contribution >= 4 is 0 Å². The molecule has 0 aliphatic rings. The van der Waals surface area contributed by atoms with Gasteiger partial charge < -0.3 is 15.2 Å². The minimum absolute atomic E-state index is 0.0223. The van der Waals surface area contributed by atoms with E-state index < -0.39 is 0 Å². The van der Waals surface area contributed by atoms with Gasteiger partial charge in [0.25, 0.3) is 0 Å². The van der Waals surface area contributed by atoms with Crippen LogP contribution in [-0.2, 0) is 0 Å². The predicted octanol–water partition coefficient (Wildman–Crippen LogP) is 3.78. The lowest BCUT2D eigenvalue weighted by molar-refractivity contribution is 0.233. The Morgan fingerprint density at radius 2 is 1.68 bits per heavy atom. The number of hydrogen-bond donors (Lipinski definition) is 1. The second-order valence-electron chi connectivity index (χ2n) is 6.22. The molecule has 2 N–H and O–H groups in total. The van der Waals surface area contributed by atoms with Crippen molar-refractivity contribution in [2.45, 2.75) is 40.2 Å². The molecule has 0 spiro atoms. The topological polar surface area (TPSA) is 44.5 Å². The summed E-state index contributed by atoms with van der Waals surface area (Å²) in [6.45, 7) is 9.00. The van der Waals surface area contributed by atoms with Crippen molar-refractivity contribution in [3.63, 3.8) is 0 Å². The van der Waals surface area contributed by atoms with Gasteiger partial charge in [-0.3, -0.25) is 0 Å². The minimum atomic E-state index is 0.0223. The highest BCUT2D eigenvalue weighted by molar-refractivity contribution is 5.43. The molecule has 0 saturated heterocycles. The van der Waals surface area contributed by atoms with Crippen LogP contribution >= 0.6 is 0 Å². The second kappa shape index (κ2) is 6.29. The Morgan fingerprint density at radius 1 is 1.11 bits per heavy atom. The van der Waals surface area contributed by atoms with Gasteiger partial charge in [-0.1, -0.05) is 33.8 Å². The van der Waals surface area contributed by atoms with Gasteiger partial charge in [-0.2, -0.15) is 0 Å². The highest BCUT2D eigenvalue weighted by atomic mass is 16.5. The van der Waals surface area contributed by atoms with E-state index in [4.69, 9.17) is 15.2 Å². The lowest BCUT2D eigenvalue weighted by Crippen LogP contribution is -2.23. The smallest absolute Gasteiger partial charge is 0.161 e. The highest BCUT2D eigenvalue weighted by Crippen LogP contribution is 2.35. The second-order valence-corrected chi connectivity index (χ2v) is 6.22.